The number of aliphatic hydroxyl groups excluding tert-OH is 1. The van der Waals surface area contributed by atoms with Gasteiger partial charge >= 0.3 is 0 Å². The van der Waals surface area contributed by atoms with Gasteiger partial charge in [-0.25, -0.2) is 14.4 Å². The van der Waals surface area contributed by atoms with Gasteiger partial charge in [-0.05, 0) is 41.4 Å². The molecule has 0 aliphatic heterocycles. The molecule has 0 spiro atoms. The van der Waals surface area contributed by atoms with E-state index in [4.69, 9.17) is 23.2 Å². The number of hydrogen-bond acceptors (Lipinski definition) is 4. The number of nitrogens with one attached hydrogen (secondary N) is 1. The van der Waals surface area contributed by atoms with Crippen molar-refractivity contribution >= 4 is 29.1 Å². The quantitative estimate of drug-likeness (QED) is 0.627. The predicted molar refractivity (Wildman–Crippen MR) is 101 cm³/mol. The first kappa shape index (κ1) is 19.2. The summed E-state index contributed by atoms with van der Waals surface area (Å²) in [6.07, 6.45) is 0.988. The van der Waals surface area contributed by atoms with E-state index in [0.29, 0.717) is 21.7 Å². The molecule has 2 aromatic carbocycles. The third-order valence-electron chi connectivity index (χ3n) is 3.87. The van der Waals surface area contributed by atoms with Gasteiger partial charge in [0, 0.05) is 16.1 Å². The molecular weight excluding hydrogens is 392 g/mol. The fourth-order valence-electron chi connectivity index (χ4n) is 2.53. The van der Waals surface area contributed by atoms with Crippen LogP contribution in [0.2, 0.25) is 10.3 Å². The van der Waals surface area contributed by atoms with Gasteiger partial charge in [0.05, 0.1) is 18.8 Å². The minimum Gasteiger partial charge on any atom is -0.394 e. The summed E-state index contributed by atoms with van der Waals surface area (Å²) in [6.45, 7) is -0.283. The molecule has 0 fully saturated rings. The van der Waals surface area contributed by atoms with Crippen molar-refractivity contribution in [2.24, 2.45) is 0 Å². The van der Waals surface area contributed by atoms with Crippen LogP contribution in [-0.2, 0) is 0 Å². The van der Waals surface area contributed by atoms with Gasteiger partial charge in [-0.2, -0.15) is 0 Å². The van der Waals surface area contributed by atoms with E-state index in [1.54, 1.807) is 36.4 Å². The summed E-state index contributed by atoms with van der Waals surface area (Å²) in [7, 11) is 0. The summed E-state index contributed by atoms with van der Waals surface area (Å²) in [5, 5.41) is 12.8. The van der Waals surface area contributed by atoms with Crippen molar-refractivity contribution in [3.8, 4) is 11.3 Å². The molecule has 0 radical (unpaired) electrons. The van der Waals surface area contributed by atoms with Crippen LogP contribution < -0.4 is 5.32 Å². The first-order chi connectivity index (χ1) is 13.0. The summed E-state index contributed by atoms with van der Waals surface area (Å²) >= 11 is 11.7. The Morgan fingerprint density at radius 3 is 2.59 bits per heavy atom. The zero-order valence-corrected chi connectivity index (χ0v) is 15.4. The highest BCUT2D eigenvalue weighted by molar-refractivity contribution is 6.30. The normalized spacial score (nSPS) is 11.9. The third-order valence-corrected chi connectivity index (χ3v) is 4.29. The van der Waals surface area contributed by atoms with Crippen LogP contribution in [0.5, 0.6) is 0 Å². The van der Waals surface area contributed by atoms with E-state index >= 15 is 0 Å². The molecule has 27 heavy (non-hydrogen) atoms. The predicted octanol–water partition coefficient (Wildman–Crippen LogP) is 4.05. The maximum atomic E-state index is 13.9. The zero-order chi connectivity index (χ0) is 19.4. The van der Waals surface area contributed by atoms with Gasteiger partial charge in [0.1, 0.15) is 5.69 Å². The zero-order valence-electron chi connectivity index (χ0n) is 13.9. The van der Waals surface area contributed by atoms with E-state index < -0.39 is 11.9 Å². The first-order valence-corrected chi connectivity index (χ1v) is 8.69. The van der Waals surface area contributed by atoms with Crippen molar-refractivity contribution < 1.29 is 14.3 Å². The lowest BCUT2D eigenvalue weighted by atomic mass is 10.1. The summed E-state index contributed by atoms with van der Waals surface area (Å²) in [5.74, 6) is -1.00. The molecule has 1 atom stereocenters. The number of hydrogen-bond donors (Lipinski definition) is 2. The second kappa shape index (κ2) is 8.43. The van der Waals surface area contributed by atoms with Crippen LogP contribution >= 0.6 is 23.2 Å². The average Bonchev–Trinajstić information content (AvgIpc) is 2.68. The number of rotatable bonds is 5. The number of aliphatic hydroxyl groups is 1. The number of amides is 1. The lowest BCUT2D eigenvalue weighted by molar-refractivity contribution is 0.0916. The molecule has 0 bridgehead atoms. The maximum absolute atomic E-state index is 13.9. The monoisotopic (exact) mass is 405 g/mol. The Labute approximate surface area is 164 Å². The molecular formula is C19H14Cl2FN3O2. The number of carbonyl (C=O) groups excluding carboxylic acids is 1. The Bertz CT molecular complexity index is 967. The molecule has 2 N–H and O–H groups in total. The van der Waals surface area contributed by atoms with Gasteiger partial charge in [-0.3, -0.25) is 4.79 Å². The molecule has 0 aliphatic carbocycles. The Kier molecular flexibility index (Phi) is 6.01. The summed E-state index contributed by atoms with van der Waals surface area (Å²) in [6, 6.07) is 12.5. The fourth-order valence-corrected chi connectivity index (χ4v) is 2.86. The highest BCUT2D eigenvalue weighted by Crippen LogP contribution is 2.22. The van der Waals surface area contributed by atoms with Gasteiger partial charge in [0.25, 0.3) is 5.91 Å². The lowest BCUT2D eigenvalue weighted by Gasteiger charge is -2.17. The van der Waals surface area contributed by atoms with Crippen molar-refractivity contribution in [2.75, 3.05) is 6.61 Å². The van der Waals surface area contributed by atoms with Crippen molar-refractivity contribution in [1.29, 1.82) is 0 Å². The fraction of sp³-hybridized carbons (Fsp3) is 0.105. The van der Waals surface area contributed by atoms with Crippen molar-refractivity contribution in [3.05, 3.63) is 82.0 Å². The van der Waals surface area contributed by atoms with Crippen LogP contribution in [0, 0.1) is 5.82 Å². The Hall–Kier alpha value is -2.54. The number of nitrogens with zero attached hydrogens (tertiary/aromatic N) is 2. The average molecular weight is 406 g/mol. The molecule has 1 aromatic heterocycles. The van der Waals surface area contributed by atoms with E-state index in [0.717, 1.165) is 6.20 Å². The number of carbonyl (C=O) groups is 1. The Morgan fingerprint density at radius 2 is 1.93 bits per heavy atom. The van der Waals surface area contributed by atoms with Gasteiger partial charge < -0.3 is 10.4 Å². The number of aromatic nitrogens is 2. The molecule has 8 heteroatoms. The first-order valence-electron chi connectivity index (χ1n) is 7.93. The topological polar surface area (TPSA) is 75.1 Å². The second-order valence-electron chi connectivity index (χ2n) is 5.68. The molecule has 0 saturated heterocycles. The minimum atomic E-state index is -0.613. The highest BCUT2D eigenvalue weighted by Gasteiger charge is 2.16. The standard InChI is InChI=1S/C19H14Cl2FN3O2/c20-14-3-1-2-13(8-14)16(10-26)24-18(27)12-6-4-11(5-7-12)17-15(22)9-23-19(21)25-17/h1-9,16,26H,10H2,(H,24,27). The molecule has 5 nitrogen and oxygen atoms in total. The van der Waals surface area contributed by atoms with E-state index in [2.05, 4.69) is 15.3 Å². The number of benzene rings is 2. The highest BCUT2D eigenvalue weighted by atomic mass is 35.5. The van der Waals surface area contributed by atoms with E-state index in [1.807, 2.05) is 0 Å². The van der Waals surface area contributed by atoms with Crippen LogP contribution in [0.4, 0.5) is 4.39 Å². The molecule has 3 rings (SSSR count). The van der Waals surface area contributed by atoms with Crippen LogP contribution in [-0.4, -0.2) is 27.6 Å². The maximum Gasteiger partial charge on any atom is 0.251 e. The molecule has 1 heterocycles. The van der Waals surface area contributed by atoms with Crippen molar-refractivity contribution in [3.63, 3.8) is 0 Å². The second-order valence-corrected chi connectivity index (χ2v) is 6.45. The third kappa shape index (κ3) is 4.60. The number of halogens is 3. The Morgan fingerprint density at radius 1 is 1.19 bits per heavy atom. The SMILES string of the molecule is O=C(NC(CO)c1cccc(Cl)c1)c1ccc(-c2nc(Cl)ncc2F)cc1. The lowest BCUT2D eigenvalue weighted by Crippen LogP contribution is -2.30. The van der Waals surface area contributed by atoms with Gasteiger partial charge in [-0.1, -0.05) is 35.9 Å². The summed E-state index contributed by atoms with van der Waals surface area (Å²) in [4.78, 5) is 19.9. The molecule has 1 amide bonds. The summed E-state index contributed by atoms with van der Waals surface area (Å²) in [5.41, 5.74) is 1.54. The van der Waals surface area contributed by atoms with Crippen molar-refractivity contribution in [1.82, 2.24) is 15.3 Å². The van der Waals surface area contributed by atoms with Crippen LogP contribution in [0.15, 0.2) is 54.7 Å². The largest absolute Gasteiger partial charge is 0.394 e. The molecule has 3 aromatic rings. The molecule has 0 saturated carbocycles. The molecule has 138 valence electrons. The van der Waals surface area contributed by atoms with Crippen LogP contribution in [0.1, 0.15) is 22.0 Å². The summed E-state index contributed by atoms with van der Waals surface area (Å²) < 4.78 is 13.9. The smallest absolute Gasteiger partial charge is 0.251 e. The van der Waals surface area contributed by atoms with E-state index in [1.165, 1.54) is 12.1 Å². The van der Waals surface area contributed by atoms with Crippen LogP contribution in [0.25, 0.3) is 11.3 Å². The van der Waals surface area contributed by atoms with Crippen LogP contribution in [0.3, 0.4) is 0 Å². The molecule has 1 unspecified atom stereocenters. The van der Waals surface area contributed by atoms with E-state index in [-0.39, 0.29) is 23.5 Å². The molecule has 0 aliphatic rings. The Balaban J connectivity index is 1.78. The van der Waals surface area contributed by atoms with E-state index in [9.17, 15) is 14.3 Å². The van der Waals surface area contributed by atoms with Crippen molar-refractivity contribution in [2.45, 2.75) is 6.04 Å². The van der Waals surface area contributed by atoms with Gasteiger partial charge in [0.15, 0.2) is 5.82 Å². The minimum absolute atomic E-state index is 0.0501. The van der Waals surface area contributed by atoms with Gasteiger partial charge in [0.2, 0.25) is 5.28 Å². The van der Waals surface area contributed by atoms with Gasteiger partial charge in [-0.15, -0.1) is 0 Å².